The third-order valence-corrected chi connectivity index (χ3v) is 5.93. The first-order valence-corrected chi connectivity index (χ1v) is 10.8. The summed E-state index contributed by atoms with van der Waals surface area (Å²) in [7, 11) is 0. The lowest BCUT2D eigenvalue weighted by Gasteiger charge is -2.43. The van der Waals surface area contributed by atoms with Gasteiger partial charge in [-0.3, -0.25) is 4.79 Å². The second-order valence-electron chi connectivity index (χ2n) is 9.47. The van der Waals surface area contributed by atoms with Gasteiger partial charge in [0, 0.05) is 6.92 Å². The first-order valence-electron chi connectivity index (χ1n) is 10.8. The van der Waals surface area contributed by atoms with Crippen LogP contribution in [0, 0.1) is 0 Å². The zero-order chi connectivity index (χ0) is 23.4. The Morgan fingerprint density at radius 3 is 2.19 bits per heavy atom. The first-order chi connectivity index (χ1) is 14.9. The smallest absolute Gasteiger partial charge is 0.217 e. The maximum Gasteiger partial charge on any atom is 0.217 e. The first kappa shape index (κ1) is 24.2. The van der Waals surface area contributed by atoms with E-state index in [-0.39, 0.29) is 6.61 Å². The van der Waals surface area contributed by atoms with Crippen LogP contribution >= 0.6 is 0 Å². The molecule has 0 aromatic rings. The van der Waals surface area contributed by atoms with E-state index in [1.165, 1.54) is 6.92 Å². The summed E-state index contributed by atoms with van der Waals surface area (Å²) >= 11 is 0. The van der Waals surface area contributed by atoms with Gasteiger partial charge in [-0.25, -0.2) is 0 Å². The number of carbonyl (C=O) groups excluding carboxylic acids is 1. The molecule has 1 amide bonds. The van der Waals surface area contributed by atoms with Gasteiger partial charge in [0.1, 0.15) is 48.8 Å². The van der Waals surface area contributed by atoms with Crippen LogP contribution in [0.25, 0.3) is 0 Å². The average molecular weight is 463 g/mol. The summed E-state index contributed by atoms with van der Waals surface area (Å²) < 4.78 is 41.5. The van der Waals surface area contributed by atoms with Crippen molar-refractivity contribution in [1.29, 1.82) is 0 Å². The average Bonchev–Trinajstić information content (AvgIpc) is 3.18. The van der Waals surface area contributed by atoms with Gasteiger partial charge >= 0.3 is 0 Å². The molecule has 10 atom stereocenters. The van der Waals surface area contributed by atoms with Gasteiger partial charge in [-0.2, -0.15) is 0 Å². The van der Waals surface area contributed by atoms with Crippen LogP contribution in [0.4, 0.5) is 0 Å². The second-order valence-corrected chi connectivity index (χ2v) is 9.47. The highest BCUT2D eigenvalue weighted by atomic mass is 16.9. The lowest BCUT2D eigenvalue weighted by atomic mass is 9.96. The van der Waals surface area contributed by atoms with E-state index in [4.69, 9.17) is 33.2 Å². The van der Waals surface area contributed by atoms with Crippen molar-refractivity contribution in [2.75, 3.05) is 13.2 Å². The van der Waals surface area contributed by atoms with Crippen molar-refractivity contribution in [3.63, 3.8) is 0 Å². The van der Waals surface area contributed by atoms with Gasteiger partial charge in [-0.1, -0.05) is 0 Å². The number of fused-ring (bicyclic) bond motifs is 3. The van der Waals surface area contributed by atoms with Crippen LogP contribution < -0.4 is 5.32 Å². The Kier molecular flexibility index (Phi) is 6.57. The quantitative estimate of drug-likeness (QED) is 0.370. The minimum Gasteiger partial charge on any atom is -0.394 e. The summed E-state index contributed by atoms with van der Waals surface area (Å²) in [6.07, 6.45) is -7.86. The fourth-order valence-corrected chi connectivity index (χ4v) is 4.63. The molecule has 0 saturated carbocycles. The molecule has 4 aliphatic rings. The number of aliphatic hydroxyl groups is 3. The zero-order valence-electron chi connectivity index (χ0n) is 18.8. The van der Waals surface area contributed by atoms with Gasteiger partial charge < -0.3 is 53.8 Å². The molecule has 12 heteroatoms. The van der Waals surface area contributed by atoms with Crippen molar-refractivity contribution in [3.05, 3.63) is 0 Å². The molecule has 4 heterocycles. The Hall–Kier alpha value is -0.930. The Morgan fingerprint density at radius 1 is 0.906 bits per heavy atom. The molecule has 0 aromatic heterocycles. The molecule has 4 N–H and O–H groups in total. The van der Waals surface area contributed by atoms with Gasteiger partial charge in [-0.15, -0.1) is 0 Å². The zero-order valence-corrected chi connectivity index (χ0v) is 18.8. The molecule has 184 valence electrons. The van der Waals surface area contributed by atoms with Crippen LogP contribution in [-0.2, 0) is 38.0 Å². The van der Waals surface area contributed by atoms with Crippen LogP contribution in [0.3, 0.4) is 0 Å². The summed E-state index contributed by atoms with van der Waals surface area (Å²) in [5, 5.41) is 32.6. The molecule has 0 aromatic carbocycles. The summed E-state index contributed by atoms with van der Waals surface area (Å²) in [5.74, 6) is -2.17. The Labute approximate surface area is 186 Å². The fourth-order valence-electron chi connectivity index (χ4n) is 4.63. The largest absolute Gasteiger partial charge is 0.394 e. The number of ether oxygens (including phenoxy) is 7. The maximum atomic E-state index is 11.6. The number of rotatable bonds is 5. The van der Waals surface area contributed by atoms with E-state index in [0.717, 1.165) is 0 Å². The predicted octanol–water partition coefficient (Wildman–Crippen LogP) is -1.66. The van der Waals surface area contributed by atoms with Crippen LogP contribution in [0.15, 0.2) is 0 Å². The minimum absolute atomic E-state index is 0.0602. The van der Waals surface area contributed by atoms with Crippen LogP contribution in [-0.4, -0.2) is 107 Å². The van der Waals surface area contributed by atoms with Crippen LogP contribution in [0.1, 0.15) is 34.6 Å². The van der Waals surface area contributed by atoms with E-state index in [2.05, 4.69) is 5.32 Å². The number of nitrogens with one attached hydrogen (secondary N) is 1. The topological polar surface area (TPSA) is 154 Å². The lowest BCUT2D eigenvalue weighted by Crippen LogP contribution is -2.65. The number of carbonyl (C=O) groups is 1. The molecule has 4 aliphatic heterocycles. The lowest BCUT2D eigenvalue weighted by molar-refractivity contribution is -0.292. The van der Waals surface area contributed by atoms with E-state index < -0.39 is 85.4 Å². The molecule has 4 rings (SSSR count). The fraction of sp³-hybridized carbons (Fsp3) is 0.950. The van der Waals surface area contributed by atoms with Gasteiger partial charge in [0.05, 0.1) is 13.2 Å². The number of hydrogen-bond acceptors (Lipinski definition) is 11. The highest BCUT2D eigenvalue weighted by molar-refractivity contribution is 5.73. The standard InChI is InChI=1S/C20H33NO11/c1-8(23)21-11-13(25)12(24)9(6-22)27-17(11)26-7-10-14-15(30-19(2,3)29-14)16-18(28-10)32-20(4,5)31-16/h9-18,22,24-25H,6-7H2,1-5H3,(H,21,23). The number of aliphatic hydroxyl groups excluding tert-OH is 3. The van der Waals surface area contributed by atoms with E-state index in [1.54, 1.807) is 27.7 Å². The molecule has 0 aliphatic carbocycles. The third kappa shape index (κ3) is 4.67. The summed E-state index contributed by atoms with van der Waals surface area (Å²) in [6, 6.07) is -1.06. The normalized spacial score (nSPS) is 47.0. The summed E-state index contributed by atoms with van der Waals surface area (Å²) in [4.78, 5) is 11.6. The SMILES string of the molecule is CC(=O)NC1C(OCC2OC3OC(C)(C)OC3C3OC(C)(C)OC23)OC(CO)C(O)C1O. The van der Waals surface area contributed by atoms with E-state index in [9.17, 15) is 20.1 Å². The highest BCUT2D eigenvalue weighted by Gasteiger charge is 2.61. The van der Waals surface area contributed by atoms with Crippen molar-refractivity contribution < 1.29 is 53.3 Å². The predicted molar refractivity (Wildman–Crippen MR) is 104 cm³/mol. The number of hydrogen-bond donors (Lipinski definition) is 4. The molecule has 0 spiro atoms. The van der Waals surface area contributed by atoms with E-state index in [0.29, 0.717) is 0 Å². The molecule has 32 heavy (non-hydrogen) atoms. The Balaban J connectivity index is 1.49. The molecule has 12 nitrogen and oxygen atoms in total. The van der Waals surface area contributed by atoms with E-state index in [1.807, 2.05) is 0 Å². The third-order valence-electron chi connectivity index (χ3n) is 5.93. The summed E-state index contributed by atoms with van der Waals surface area (Å²) in [5.41, 5.74) is 0. The van der Waals surface area contributed by atoms with Crippen LogP contribution in [0.5, 0.6) is 0 Å². The second kappa shape index (κ2) is 8.69. The van der Waals surface area contributed by atoms with Gasteiger partial charge in [0.25, 0.3) is 0 Å². The Bertz CT molecular complexity index is 703. The molecular formula is C20H33NO11. The van der Waals surface area contributed by atoms with Crippen molar-refractivity contribution in [1.82, 2.24) is 5.32 Å². The minimum atomic E-state index is -1.41. The van der Waals surface area contributed by atoms with Crippen molar-refractivity contribution >= 4 is 5.91 Å². The Morgan fingerprint density at radius 2 is 1.53 bits per heavy atom. The van der Waals surface area contributed by atoms with Gasteiger partial charge in [0.15, 0.2) is 24.2 Å². The molecule has 10 unspecified atom stereocenters. The molecule has 0 radical (unpaired) electrons. The van der Waals surface area contributed by atoms with Crippen molar-refractivity contribution in [2.45, 2.75) is 108 Å². The van der Waals surface area contributed by atoms with Gasteiger partial charge in [-0.05, 0) is 27.7 Å². The maximum absolute atomic E-state index is 11.6. The summed E-state index contributed by atoms with van der Waals surface area (Å²) in [6.45, 7) is 7.82. The molecule has 0 bridgehead atoms. The molecule has 4 saturated heterocycles. The van der Waals surface area contributed by atoms with Crippen molar-refractivity contribution in [2.24, 2.45) is 0 Å². The van der Waals surface area contributed by atoms with Crippen LogP contribution in [0.2, 0.25) is 0 Å². The molecular weight excluding hydrogens is 430 g/mol. The monoisotopic (exact) mass is 463 g/mol. The highest BCUT2D eigenvalue weighted by Crippen LogP contribution is 2.44. The van der Waals surface area contributed by atoms with E-state index >= 15 is 0 Å². The number of amides is 1. The van der Waals surface area contributed by atoms with Gasteiger partial charge in [0.2, 0.25) is 5.91 Å². The molecule has 4 fully saturated rings. The van der Waals surface area contributed by atoms with Crippen molar-refractivity contribution in [3.8, 4) is 0 Å².